The van der Waals surface area contributed by atoms with E-state index >= 15 is 0 Å². The number of hydrogen-bond donors (Lipinski definition) is 1. The van der Waals surface area contributed by atoms with Crippen molar-refractivity contribution in [2.75, 3.05) is 11.6 Å². The second-order valence-electron chi connectivity index (χ2n) is 7.73. The van der Waals surface area contributed by atoms with E-state index in [1.807, 2.05) is 36.4 Å². The van der Waals surface area contributed by atoms with E-state index in [2.05, 4.69) is 29.4 Å². The summed E-state index contributed by atoms with van der Waals surface area (Å²) in [6, 6.07) is 21.4. The van der Waals surface area contributed by atoms with Crippen LogP contribution >= 0.6 is 0 Å². The minimum atomic E-state index is -3.65. The van der Waals surface area contributed by atoms with Gasteiger partial charge < -0.3 is 5.32 Å². The number of anilines is 1. The topological polar surface area (TPSA) is 99.9 Å². The molecule has 1 heterocycles. The fraction of sp³-hybridized carbons (Fsp3) is 0.115. The molecule has 0 aliphatic carbocycles. The van der Waals surface area contributed by atoms with E-state index in [4.69, 9.17) is 5.26 Å². The Bertz CT molecular complexity index is 1520. The smallest absolute Gasteiger partial charge is 0.257 e. The lowest BCUT2D eigenvalue weighted by Crippen LogP contribution is -2.16. The van der Waals surface area contributed by atoms with Gasteiger partial charge in [-0.05, 0) is 53.8 Å². The molecule has 0 fully saturated rings. The number of nitrogens with zero attached hydrogens (tertiary/aromatic N) is 2. The van der Waals surface area contributed by atoms with Crippen molar-refractivity contribution >= 4 is 32.2 Å². The van der Waals surface area contributed by atoms with Crippen molar-refractivity contribution in [3.63, 3.8) is 0 Å². The van der Waals surface area contributed by atoms with E-state index in [1.54, 1.807) is 12.3 Å². The Hall–Kier alpha value is -4.02. The molecule has 0 spiro atoms. The lowest BCUT2D eigenvalue weighted by molar-refractivity contribution is 0.102. The van der Waals surface area contributed by atoms with E-state index < -0.39 is 15.7 Å². The van der Waals surface area contributed by atoms with Crippen LogP contribution in [0.3, 0.4) is 0 Å². The molecule has 0 bridgehead atoms. The third-order valence-corrected chi connectivity index (χ3v) is 6.55. The fourth-order valence-corrected chi connectivity index (χ4v) is 4.45. The molecular formula is C26H21N3O3S. The van der Waals surface area contributed by atoms with Gasteiger partial charge in [0.05, 0.1) is 27.8 Å². The van der Waals surface area contributed by atoms with Gasteiger partial charge in [-0.15, -0.1) is 0 Å². The van der Waals surface area contributed by atoms with Gasteiger partial charge in [0.1, 0.15) is 0 Å². The minimum absolute atomic E-state index is 0.0666. The highest BCUT2D eigenvalue weighted by atomic mass is 32.2. The summed E-state index contributed by atoms with van der Waals surface area (Å²) in [5, 5.41) is 13.7. The quantitative estimate of drug-likeness (QED) is 0.457. The monoisotopic (exact) mass is 455 g/mol. The summed E-state index contributed by atoms with van der Waals surface area (Å²) < 4.78 is 24.3. The summed E-state index contributed by atoms with van der Waals surface area (Å²) in [5.74, 6) is -0.601. The number of benzene rings is 3. The molecule has 1 N–H and O–H groups in total. The maximum absolute atomic E-state index is 12.9. The van der Waals surface area contributed by atoms with E-state index in [0.717, 1.165) is 34.7 Å². The molecule has 0 radical (unpaired) electrons. The first-order valence-electron chi connectivity index (χ1n) is 10.3. The largest absolute Gasteiger partial charge is 0.322 e. The van der Waals surface area contributed by atoms with Crippen LogP contribution in [0.15, 0.2) is 77.8 Å². The van der Waals surface area contributed by atoms with Crippen molar-refractivity contribution in [1.29, 1.82) is 5.26 Å². The summed E-state index contributed by atoms with van der Waals surface area (Å²) in [6.45, 7) is 2.11. The van der Waals surface area contributed by atoms with Gasteiger partial charge in [0, 0.05) is 29.1 Å². The summed E-state index contributed by atoms with van der Waals surface area (Å²) in [7, 11) is -3.65. The Morgan fingerprint density at radius 2 is 1.76 bits per heavy atom. The number of carbonyl (C=O) groups excluding carboxylic acids is 1. The molecule has 1 amide bonds. The maximum atomic E-state index is 12.9. The molecule has 6 nitrogen and oxygen atoms in total. The van der Waals surface area contributed by atoms with Crippen LogP contribution in [0.1, 0.15) is 28.4 Å². The number of amides is 1. The first-order chi connectivity index (χ1) is 15.8. The minimum Gasteiger partial charge on any atom is -0.322 e. The molecule has 0 atom stereocenters. The van der Waals surface area contributed by atoms with Crippen molar-refractivity contribution in [3.8, 4) is 17.3 Å². The molecule has 0 saturated carbocycles. The second kappa shape index (κ2) is 8.85. The Morgan fingerprint density at radius 1 is 1.00 bits per heavy atom. The molecule has 4 aromatic rings. The van der Waals surface area contributed by atoms with Crippen LogP contribution in [0.5, 0.6) is 0 Å². The number of nitrogens with one attached hydrogen (secondary N) is 1. The molecule has 4 rings (SSSR count). The summed E-state index contributed by atoms with van der Waals surface area (Å²) in [4.78, 5) is 17.4. The van der Waals surface area contributed by atoms with Crippen LogP contribution in [0, 0.1) is 11.3 Å². The summed E-state index contributed by atoms with van der Waals surface area (Å²) in [5.41, 5.74) is 3.70. The second-order valence-corrected chi connectivity index (χ2v) is 9.72. The molecule has 7 heteroatoms. The molecule has 33 heavy (non-hydrogen) atoms. The number of fused-ring (bicyclic) bond motifs is 1. The zero-order valence-corrected chi connectivity index (χ0v) is 19.0. The molecule has 3 aromatic carbocycles. The van der Waals surface area contributed by atoms with E-state index in [0.29, 0.717) is 5.69 Å². The molecule has 0 unspecified atom stereocenters. The van der Waals surface area contributed by atoms with Gasteiger partial charge in [0.2, 0.25) is 0 Å². The van der Waals surface area contributed by atoms with Gasteiger partial charge >= 0.3 is 0 Å². The number of aryl methyl sites for hydroxylation is 1. The van der Waals surface area contributed by atoms with E-state index in [-0.39, 0.29) is 16.0 Å². The zero-order valence-electron chi connectivity index (χ0n) is 18.2. The highest BCUT2D eigenvalue weighted by Crippen LogP contribution is 2.26. The number of nitriles is 1. The van der Waals surface area contributed by atoms with E-state index in [1.165, 1.54) is 23.8 Å². The molecule has 1 aromatic heterocycles. The number of sulfone groups is 1. The first kappa shape index (κ1) is 22.2. The predicted molar refractivity (Wildman–Crippen MR) is 129 cm³/mol. The molecule has 0 aliphatic heterocycles. The highest BCUT2D eigenvalue weighted by molar-refractivity contribution is 7.90. The number of carbonyl (C=O) groups is 1. The van der Waals surface area contributed by atoms with Crippen molar-refractivity contribution in [2.45, 2.75) is 18.2 Å². The Balaban J connectivity index is 1.68. The Labute approximate surface area is 192 Å². The Kier molecular flexibility index (Phi) is 5.95. The van der Waals surface area contributed by atoms with Gasteiger partial charge in [-0.25, -0.2) is 8.42 Å². The standard InChI is InChI=1S/C26H21N3O3S/c1-3-17-4-7-19(8-5-17)24-14-21-13-22(10-9-20(21)16-28-24)29-26(30)23-12-18(15-27)6-11-25(23)33(2,31)32/h4-14,16H,3H2,1-2H3,(H,29,30). The average molecular weight is 456 g/mol. The van der Waals surface area contributed by atoms with Crippen molar-refractivity contribution < 1.29 is 13.2 Å². The number of rotatable bonds is 5. The lowest BCUT2D eigenvalue weighted by atomic mass is 10.0. The summed E-state index contributed by atoms with van der Waals surface area (Å²) in [6.07, 6.45) is 3.78. The van der Waals surface area contributed by atoms with Crippen molar-refractivity contribution in [1.82, 2.24) is 4.98 Å². The number of pyridine rings is 1. The molecular weight excluding hydrogens is 434 g/mol. The third-order valence-electron chi connectivity index (χ3n) is 5.39. The molecule has 164 valence electrons. The number of aromatic nitrogens is 1. The highest BCUT2D eigenvalue weighted by Gasteiger charge is 2.20. The third kappa shape index (κ3) is 4.76. The van der Waals surface area contributed by atoms with Crippen LogP contribution in [0.2, 0.25) is 0 Å². The number of hydrogen-bond acceptors (Lipinski definition) is 5. The normalized spacial score (nSPS) is 11.2. The first-order valence-corrected chi connectivity index (χ1v) is 12.2. The average Bonchev–Trinajstić information content (AvgIpc) is 2.82. The Morgan fingerprint density at radius 3 is 2.42 bits per heavy atom. The fourth-order valence-electron chi connectivity index (χ4n) is 3.59. The molecule has 0 saturated heterocycles. The van der Waals surface area contributed by atoms with Gasteiger partial charge in [-0.3, -0.25) is 9.78 Å². The van der Waals surface area contributed by atoms with Crippen LogP contribution in [0.25, 0.3) is 22.0 Å². The van der Waals surface area contributed by atoms with Crippen LogP contribution < -0.4 is 5.32 Å². The van der Waals surface area contributed by atoms with Gasteiger partial charge in [0.15, 0.2) is 9.84 Å². The van der Waals surface area contributed by atoms with Crippen molar-refractivity contribution in [2.24, 2.45) is 0 Å². The zero-order chi connectivity index (χ0) is 23.6. The molecule has 0 aliphatic rings. The van der Waals surface area contributed by atoms with E-state index in [9.17, 15) is 13.2 Å². The lowest BCUT2D eigenvalue weighted by Gasteiger charge is -2.11. The SMILES string of the molecule is CCc1ccc(-c2cc3cc(NC(=O)c4cc(C#N)ccc4S(C)(=O)=O)ccc3cn2)cc1. The van der Waals surface area contributed by atoms with Gasteiger partial charge in [-0.2, -0.15) is 5.26 Å². The van der Waals surface area contributed by atoms with Crippen LogP contribution in [-0.2, 0) is 16.3 Å². The maximum Gasteiger partial charge on any atom is 0.257 e. The van der Waals surface area contributed by atoms with Crippen molar-refractivity contribution in [3.05, 3.63) is 89.6 Å². The van der Waals surface area contributed by atoms with Gasteiger partial charge in [0.25, 0.3) is 5.91 Å². The van der Waals surface area contributed by atoms with Gasteiger partial charge in [-0.1, -0.05) is 37.3 Å². The van der Waals surface area contributed by atoms with Crippen LogP contribution in [0.4, 0.5) is 5.69 Å². The predicted octanol–water partition coefficient (Wildman–Crippen LogP) is 4.99. The summed E-state index contributed by atoms with van der Waals surface area (Å²) >= 11 is 0. The van der Waals surface area contributed by atoms with Crippen LogP contribution in [-0.4, -0.2) is 25.6 Å².